The third-order valence-electron chi connectivity index (χ3n) is 5.93. The van der Waals surface area contributed by atoms with Crippen LogP contribution in [0.5, 0.6) is 11.5 Å². The van der Waals surface area contributed by atoms with Gasteiger partial charge in [-0.2, -0.15) is 0 Å². The van der Waals surface area contributed by atoms with Gasteiger partial charge < -0.3 is 14.2 Å². The molecule has 170 valence electrons. The Morgan fingerprint density at radius 3 is 2.12 bits per heavy atom. The van der Waals surface area contributed by atoms with Crippen molar-refractivity contribution in [3.05, 3.63) is 95.6 Å². The second-order valence-electron chi connectivity index (χ2n) is 8.01. The lowest BCUT2D eigenvalue weighted by atomic mass is 9.90. The monoisotopic (exact) mass is 445 g/mol. The maximum atomic E-state index is 13.8. The summed E-state index contributed by atoms with van der Waals surface area (Å²) >= 11 is 0. The summed E-state index contributed by atoms with van der Waals surface area (Å²) in [4.78, 5) is 27.7. The zero-order chi connectivity index (χ0) is 23.2. The van der Waals surface area contributed by atoms with Crippen LogP contribution in [-0.2, 0) is 22.4 Å². The molecule has 1 aliphatic rings. The van der Waals surface area contributed by atoms with Gasteiger partial charge in [0, 0.05) is 0 Å². The molecule has 2 atom stereocenters. The van der Waals surface area contributed by atoms with E-state index in [1.807, 2.05) is 78.9 Å². The molecule has 1 fully saturated rings. The minimum absolute atomic E-state index is 0.192. The van der Waals surface area contributed by atoms with E-state index in [1.165, 1.54) is 4.90 Å². The summed E-state index contributed by atoms with van der Waals surface area (Å²) in [6.07, 6.45) is 0.405. The van der Waals surface area contributed by atoms with Crippen molar-refractivity contribution in [2.75, 3.05) is 20.8 Å². The minimum Gasteiger partial charge on any atom is -0.497 e. The first-order valence-corrected chi connectivity index (χ1v) is 10.9. The molecule has 0 unspecified atom stereocenters. The highest BCUT2D eigenvalue weighted by atomic mass is 16.6. The number of hydrogen-bond acceptors (Lipinski definition) is 5. The van der Waals surface area contributed by atoms with Crippen LogP contribution in [0.4, 0.5) is 4.79 Å². The van der Waals surface area contributed by atoms with Gasteiger partial charge in [0.05, 0.1) is 26.2 Å². The van der Waals surface area contributed by atoms with Gasteiger partial charge in [-0.15, -0.1) is 0 Å². The van der Waals surface area contributed by atoms with E-state index in [-0.39, 0.29) is 18.6 Å². The fourth-order valence-corrected chi connectivity index (χ4v) is 4.12. The predicted octanol–water partition coefficient (Wildman–Crippen LogP) is 4.62. The van der Waals surface area contributed by atoms with Crippen LogP contribution in [0.2, 0.25) is 0 Å². The molecular weight excluding hydrogens is 418 g/mol. The van der Waals surface area contributed by atoms with Crippen LogP contribution in [0.3, 0.4) is 0 Å². The second kappa shape index (κ2) is 10.2. The van der Waals surface area contributed by atoms with Gasteiger partial charge in [0.15, 0.2) is 0 Å². The molecule has 4 rings (SSSR count). The van der Waals surface area contributed by atoms with Crippen LogP contribution in [0.25, 0.3) is 0 Å². The average Bonchev–Trinajstić information content (AvgIpc) is 3.23. The summed E-state index contributed by atoms with van der Waals surface area (Å²) < 4.78 is 15.8. The smallest absolute Gasteiger partial charge is 0.417 e. The van der Waals surface area contributed by atoms with E-state index in [0.717, 1.165) is 22.4 Å². The van der Waals surface area contributed by atoms with Crippen molar-refractivity contribution in [1.29, 1.82) is 0 Å². The third kappa shape index (κ3) is 5.17. The molecule has 1 aliphatic heterocycles. The van der Waals surface area contributed by atoms with Gasteiger partial charge in [-0.3, -0.25) is 4.79 Å². The van der Waals surface area contributed by atoms with Crippen LogP contribution in [0, 0.1) is 0 Å². The molecule has 6 nitrogen and oxygen atoms in total. The Labute approximate surface area is 193 Å². The lowest BCUT2D eigenvalue weighted by Gasteiger charge is -2.25. The number of carbonyl (C=O) groups excluding carboxylic acids is 2. The molecule has 0 bridgehead atoms. The van der Waals surface area contributed by atoms with Gasteiger partial charge in [0.1, 0.15) is 18.1 Å². The quantitative estimate of drug-likeness (QED) is 0.506. The third-order valence-corrected chi connectivity index (χ3v) is 5.93. The molecule has 2 amide bonds. The van der Waals surface area contributed by atoms with Crippen LogP contribution >= 0.6 is 0 Å². The first-order valence-electron chi connectivity index (χ1n) is 10.9. The average molecular weight is 446 g/mol. The highest BCUT2D eigenvalue weighted by molar-refractivity contribution is 5.97. The predicted molar refractivity (Wildman–Crippen MR) is 125 cm³/mol. The van der Waals surface area contributed by atoms with Crippen molar-refractivity contribution in [1.82, 2.24) is 4.90 Å². The van der Waals surface area contributed by atoms with Crippen molar-refractivity contribution in [2.45, 2.75) is 24.8 Å². The normalized spacial score (nSPS) is 16.2. The maximum absolute atomic E-state index is 13.8. The Bertz CT molecular complexity index is 1080. The first kappa shape index (κ1) is 22.4. The molecule has 0 spiro atoms. The van der Waals surface area contributed by atoms with Crippen LogP contribution in [0.15, 0.2) is 78.9 Å². The molecule has 0 aromatic heterocycles. The van der Waals surface area contributed by atoms with Crippen molar-refractivity contribution in [2.24, 2.45) is 0 Å². The van der Waals surface area contributed by atoms with Gasteiger partial charge in [0.2, 0.25) is 5.91 Å². The fraction of sp³-hybridized carbons (Fsp3) is 0.259. The molecule has 33 heavy (non-hydrogen) atoms. The van der Waals surface area contributed by atoms with Gasteiger partial charge >= 0.3 is 6.09 Å². The topological polar surface area (TPSA) is 65.1 Å². The van der Waals surface area contributed by atoms with Crippen LogP contribution in [-0.4, -0.2) is 43.8 Å². The van der Waals surface area contributed by atoms with Crippen molar-refractivity contribution in [3.63, 3.8) is 0 Å². The zero-order valence-corrected chi connectivity index (χ0v) is 18.8. The number of methoxy groups -OCH3 is 2. The van der Waals surface area contributed by atoms with Gasteiger partial charge in [-0.05, 0) is 53.8 Å². The van der Waals surface area contributed by atoms with E-state index >= 15 is 0 Å². The van der Waals surface area contributed by atoms with E-state index in [4.69, 9.17) is 14.2 Å². The second-order valence-corrected chi connectivity index (χ2v) is 8.01. The number of benzene rings is 3. The highest BCUT2D eigenvalue weighted by Crippen LogP contribution is 2.29. The summed E-state index contributed by atoms with van der Waals surface area (Å²) in [6.45, 7) is 0.192. The molecule has 1 heterocycles. The largest absolute Gasteiger partial charge is 0.497 e. The molecule has 1 saturated heterocycles. The van der Waals surface area contributed by atoms with E-state index in [0.29, 0.717) is 18.6 Å². The summed E-state index contributed by atoms with van der Waals surface area (Å²) in [5, 5.41) is 0. The molecule has 3 aromatic rings. The number of ether oxygens (including phenoxy) is 3. The van der Waals surface area contributed by atoms with Crippen molar-refractivity contribution in [3.8, 4) is 11.5 Å². The van der Waals surface area contributed by atoms with Gasteiger partial charge in [-0.1, -0.05) is 54.6 Å². The number of cyclic esters (lactones) is 1. The number of hydrogen-bond donors (Lipinski definition) is 0. The van der Waals surface area contributed by atoms with E-state index in [9.17, 15) is 9.59 Å². The Balaban J connectivity index is 1.63. The number of carbonyl (C=O) groups is 2. The van der Waals surface area contributed by atoms with E-state index in [2.05, 4.69) is 0 Å². The number of amides is 2. The summed E-state index contributed by atoms with van der Waals surface area (Å²) in [5.41, 5.74) is 2.83. The minimum atomic E-state index is -0.589. The molecule has 0 aliphatic carbocycles. The molecular formula is C27H27NO5. The van der Waals surface area contributed by atoms with Crippen molar-refractivity contribution < 1.29 is 23.8 Å². The highest BCUT2D eigenvalue weighted by Gasteiger charge is 2.41. The Morgan fingerprint density at radius 2 is 1.52 bits per heavy atom. The Kier molecular flexibility index (Phi) is 6.93. The molecule has 0 saturated carbocycles. The van der Waals surface area contributed by atoms with Crippen LogP contribution in [0.1, 0.15) is 22.6 Å². The maximum Gasteiger partial charge on any atom is 0.417 e. The van der Waals surface area contributed by atoms with Gasteiger partial charge in [0.25, 0.3) is 0 Å². The molecule has 3 aromatic carbocycles. The summed E-state index contributed by atoms with van der Waals surface area (Å²) in [7, 11) is 3.22. The number of rotatable bonds is 8. The SMILES string of the molecule is COc1ccc(C[C@H](C(=O)N2C(=O)OC[C@@H]2Cc2ccccc2)c2ccc(OC)cc2)cc1. The summed E-state index contributed by atoms with van der Waals surface area (Å²) in [6, 6.07) is 24.5. The first-order chi connectivity index (χ1) is 16.1. The number of imide groups is 1. The molecule has 0 N–H and O–H groups in total. The van der Waals surface area contributed by atoms with E-state index < -0.39 is 12.0 Å². The van der Waals surface area contributed by atoms with E-state index in [1.54, 1.807) is 14.2 Å². The Hall–Kier alpha value is -3.80. The molecule has 0 radical (unpaired) electrons. The Morgan fingerprint density at radius 1 is 0.909 bits per heavy atom. The number of nitrogens with zero attached hydrogens (tertiary/aromatic N) is 1. The zero-order valence-electron chi connectivity index (χ0n) is 18.8. The fourth-order valence-electron chi connectivity index (χ4n) is 4.12. The lowest BCUT2D eigenvalue weighted by molar-refractivity contribution is -0.130. The summed E-state index contributed by atoms with van der Waals surface area (Å²) in [5.74, 6) is 0.640. The molecule has 6 heteroatoms. The van der Waals surface area contributed by atoms with Crippen LogP contribution < -0.4 is 9.47 Å². The standard InChI is InChI=1S/C27H27NO5/c1-31-23-12-8-20(9-13-23)17-25(21-10-14-24(32-2)15-11-21)26(29)28-22(18-33-27(28)30)16-19-6-4-3-5-7-19/h3-15,22,25H,16-18H2,1-2H3/t22-,25-/m0/s1. The van der Waals surface area contributed by atoms with Gasteiger partial charge in [-0.25, -0.2) is 9.69 Å². The van der Waals surface area contributed by atoms with Crippen molar-refractivity contribution >= 4 is 12.0 Å². The lowest BCUT2D eigenvalue weighted by Crippen LogP contribution is -2.43.